The molecule has 1 amide bonds. The summed E-state index contributed by atoms with van der Waals surface area (Å²) in [5.41, 5.74) is 2.00. The second-order valence-electron chi connectivity index (χ2n) is 5.90. The molecule has 0 atom stereocenters. The fourth-order valence-corrected chi connectivity index (χ4v) is 3.78. The molecule has 0 unspecified atom stereocenters. The second kappa shape index (κ2) is 7.67. The van der Waals surface area contributed by atoms with Gasteiger partial charge in [-0.2, -0.15) is 0 Å². The molecule has 27 heavy (non-hydrogen) atoms. The number of aromatic nitrogens is 2. The lowest BCUT2D eigenvalue weighted by atomic mass is 10.2. The number of rotatable bonds is 6. The van der Waals surface area contributed by atoms with Crippen LogP contribution in [0.15, 0.2) is 47.4 Å². The van der Waals surface area contributed by atoms with Gasteiger partial charge in [-0.05, 0) is 44.3 Å². The maximum atomic E-state index is 12.5. The van der Waals surface area contributed by atoms with Crippen LogP contribution in [-0.4, -0.2) is 37.5 Å². The van der Waals surface area contributed by atoms with Crippen molar-refractivity contribution in [1.82, 2.24) is 19.6 Å². The summed E-state index contributed by atoms with van der Waals surface area (Å²) in [5, 5.41) is 2.97. The van der Waals surface area contributed by atoms with Gasteiger partial charge in [-0.15, -0.1) is 0 Å². The standard InChI is InChI=1S/C18H19ClN4O3S/c1-12-22-16-5-3-4-6-17(16)23(12)10-9-21-18(24)14-11-13(7-8-15(14)19)27(25,26)20-2/h3-8,11,20H,9-10H2,1-2H3,(H,21,24). The Bertz CT molecular complexity index is 1110. The lowest BCUT2D eigenvalue weighted by Gasteiger charge is -2.11. The lowest BCUT2D eigenvalue weighted by molar-refractivity contribution is 0.0952. The molecule has 2 N–H and O–H groups in total. The molecule has 0 fully saturated rings. The van der Waals surface area contributed by atoms with Crippen LogP contribution < -0.4 is 10.0 Å². The zero-order chi connectivity index (χ0) is 19.6. The third kappa shape index (κ3) is 3.97. The molecule has 3 rings (SSSR count). The number of carbonyl (C=O) groups excluding carboxylic acids is 1. The van der Waals surface area contributed by atoms with Gasteiger partial charge in [0.2, 0.25) is 10.0 Å². The van der Waals surface area contributed by atoms with Gasteiger partial charge in [0.05, 0.1) is 26.5 Å². The molecule has 0 saturated heterocycles. The van der Waals surface area contributed by atoms with Crippen molar-refractivity contribution in [1.29, 1.82) is 0 Å². The molecule has 3 aromatic rings. The number of hydrogen-bond acceptors (Lipinski definition) is 4. The third-order valence-corrected chi connectivity index (χ3v) is 5.97. The first-order chi connectivity index (χ1) is 12.8. The predicted molar refractivity (Wildman–Crippen MR) is 105 cm³/mol. The maximum absolute atomic E-state index is 12.5. The average molecular weight is 407 g/mol. The molecule has 142 valence electrons. The van der Waals surface area contributed by atoms with E-state index in [-0.39, 0.29) is 15.5 Å². The van der Waals surface area contributed by atoms with E-state index >= 15 is 0 Å². The van der Waals surface area contributed by atoms with Crippen LogP contribution in [0.3, 0.4) is 0 Å². The molecule has 2 aromatic carbocycles. The van der Waals surface area contributed by atoms with Gasteiger partial charge in [0.1, 0.15) is 5.82 Å². The van der Waals surface area contributed by atoms with Crippen molar-refractivity contribution in [3.05, 3.63) is 58.9 Å². The van der Waals surface area contributed by atoms with Crippen LogP contribution in [0.2, 0.25) is 5.02 Å². The second-order valence-corrected chi connectivity index (χ2v) is 8.20. The first-order valence-electron chi connectivity index (χ1n) is 8.26. The quantitative estimate of drug-likeness (QED) is 0.657. The largest absolute Gasteiger partial charge is 0.350 e. The van der Waals surface area contributed by atoms with Gasteiger partial charge in [-0.25, -0.2) is 18.1 Å². The molecule has 0 aliphatic carbocycles. The fraction of sp³-hybridized carbons (Fsp3) is 0.222. The van der Waals surface area contributed by atoms with E-state index in [9.17, 15) is 13.2 Å². The van der Waals surface area contributed by atoms with Crippen LogP contribution in [0.1, 0.15) is 16.2 Å². The highest BCUT2D eigenvalue weighted by Gasteiger charge is 2.17. The summed E-state index contributed by atoms with van der Waals surface area (Å²) < 4.78 is 28.1. The van der Waals surface area contributed by atoms with E-state index in [2.05, 4.69) is 15.0 Å². The van der Waals surface area contributed by atoms with Gasteiger partial charge in [-0.3, -0.25) is 4.79 Å². The van der Waals surface area contributed by atoms with E-state index in [1.807, 2.05) is 35.8 Å². The molecule has 0 radical (unpaired) electrons. The van der Waals surface area contributed by atoms with Crippen molar-refractivity contribution in [2.45, 2.75) is 18.4 Å². The van der Waals surface area contributed by atoms with Crippen LogP contribution in [0.5, 0.6) is 0 Å². The maximum Gasteiger partial charge on any atom is 0.252 e. The van der Waals surface area contributed by atoms with Gasteiger partial charge < -0.3 is 9.88 Å². The molecule has 1 aromatic heterocycles. The van der Waals surface area contributed by atoms with Gasteiger partial charge in [-0.1, -0.05) is 23.7 Å². The summed E-state index contributed by atoms with van der Waals surface area (Å²) in [7, 11) is -2.35. The number of para-hydroxylation sites is 2. The summed E-state index contributed by atoms with van der Waals surface area (Å²) in [6.07, 6.45) is 0. The SMILES string of the molecule is CNS(=O)(=O)c1ccc(Cl)c(C(=O)NCCn2c(C)nc3ccccc32)c1. The van der Waals surface area contributed by atoms with Crippen LogP contribution in [0.25, 0.3) is 11.0 Å². The highest BCUT2D eigenvalue weighted by molar-refractivity contribution is 7.89. The first-order valence-corrected chi connectivity index (χ1v) is 10.1. The number of imidazole rings is 1. The Morgan fingerprint density at radius 3 is 2.70 bits per heavy atom. The number of carbonyl (C=O) groups is 1. The molecule has 0 saturated carbocycles. The topological polar surface area (TPSA) is 93.1 Å². The normalized spacial score (nSPS) is 11.7. The van der Waals surface area contributed by atoms with Gasteiger partial charge in [0, 0.05) is 13.1 Å². The third-order valence-electron chi connectivity index (χ3n) is 4.23. The Balaban J connectivity index is 1.74. The summed E-state index contributed by atoms with van der Waals surface area (Å²) in [6.45, 7) is 2.79. The van der Waals surface area contributed by atoms with E-state index in [0.29, 0.717) is 13.1 Å². The molecule has 7 nitrogen and oxygen atoms in total. The molecule has 0 bridgehead atoms. The minimum atomic E-state index is -3.66. The van der Waals surface area contributed by atoms with Crippen molar-refractivity contribution in [3.63, 3.8) is 0 Å². The number of sulfonamides is 1. The summed E-state index contributed by atoms with van der Waals surface area (Å²) in [6, 6.07) is 11.8. The number of amides is 1. The van der Waals surface area contributed by atoms with Crippen LogP contribution in [0, 0.1) is 6.92 Å². The number of halogens is 1. The average Bonchev–Trinajstić information content (AvgIpc) is 2.97. The van der Waals surface area contributed by atoms with E-state index in [0.717, 1.165) is 16.9 Å². The molecular weight excluding hydrogens is 388 g/mol. The molecule has 0 aliphatic rings. The number of nitrogens with zero attached hydrogens (tertiary/aromatic N) is 2. The summed E-state index contributed by atoms with van der Waals surface area (Å²) in [4.78, 5) is 16.9. The van der Waals surface area contributed by atoms with Crippen LogP contribution in [-0.2, 0) is 16.6 Å². The Morgan fingerprint density at radius 2 is 1.96 bits per heavy atom. The Kier molecular flexibility index (Phi) is 5.50. The van der Waals surface area contributed by atoms with Crippen LogP contribution in [0.4, 0.5) is 0 Å². The van der Waals surface area contributed by atoms with Gasteiger partial charge in [0.25, 0.3) is 5.91 Å². The van der Waals surface area contributed by atoms with E-state index in [4.69, 9.17) is 11.6 Å². The lowest BCUT2D eigenvalue weighted by Crippen LogP contribution is -2.28. The van der Waals surface area contributed by atoms with Crippen molar-refractivity contribution in [2.75, 3.05) is 13.6 Å². The molecule has 0 aliphatic heterocycles. The van der Waals surface area contributed by atoms with Crippen molar-refractivity contribution < 1.29 is 13.2 Å². The minimum Gasteiger partial charge on any atom is -0.350 e. The van der Waals surface area contributed by atoms with Gasteiger partial charge >= 0.3 is 0 Å². The predicted octanol–water partition coefficient (Wildman–Crippen LogP) is 2.34. The number of nitrogens with one attached hydrogen (secondary N) is 2. The monoisotopic (exact) mass is 406 g/mol. The van der Waals surface area contributed by atoms with Crippen molar-refractivity contribution in [2.24, 2.45) is 0 Å². The minimum absolute atomic E-state index is 0.0176. The zero-order valence-corrected chi connectivity index (χ0v) is 16.4. The van der Waals surface area contributed by atoms with Crippen LogP contribution >= 0.6 is 11.6 Å². The first kappa shape index (κ1) is 19.3. The molecular formula is C18H19ClN4O3S. The highest BCUT2D eigenvalue weighted by atomic mass is 35.5. The Morgan fingerprint density at radius 1 is 1.22 bits per heavy atom. The van der Waals surface area contributed by atoms with Crippen molar-refractivity contribution >= 4 is 38.6 Å². The fourth-order valence-electron chi connectivity index (χ4n) is 2.82. The van der Waals surface area contributed by atoms with Crippen molar-refractivity contribution in [3.8, 4) is 0 Å². The van der Waals surface area contributed by atoms with E-state index < -0.39 is 15.9 Å². The zero-order valence-electron chi connectivity index (χ0n) is 14.9. The summed E-state index contributed by atoms with van der Waals surface area (Å²) >= 11 is 6.07. The molecule has 0 spiro atoms. The molecule has 1 heterocycles. The number of aryl methyl sites for hydroxylation is 1. The Hall–Kier alpha value is -2.42. The highest BCUT2D eigenvalue weighted by Crippen LogP contribution is 2.20. The number of benzene rings is 2. The van der Waals surface area contributed by atoms with E-state index in [1.54, 1.807) is 0 Å². The van der Waals surface area contributed by atoms with E-state index in [1.165, 1.54) is 25.2 Å². The van der Waals surface area contributed by atoms with Gasteiger partial charge in [0.15, 0.2) is 0 Å². The molecule has 9 heteroatoms. The number of fused-ring (bicyclic) bond motifs is 1. The smallest absolute Gasteiger partial charge is 0.252 e. The number of hydrogen-bond donors (Lipinski definition) is 2. The summed E-state index contributed by atoms with van der Waals surface area (Å²) in [5.74, 6) is 0.417. The Labute approximate surface area is 162 Å².